The van der Waals surface area contributed by atoms with Crippen LogP contribution in [0.5, 0.6) is 0 Å². The molecule has 0 radical (unpaired) electrons. The molecule has 5 rings (SSSR count). The summed E-state index contributed by atoms with van der Waals surface area (Å²) in [5.41, 5.74) is 6.50. The van der Waals surface area contributed by atoms with Gasteiger partial charge in [0.2, 0.25) is 0 Å². The molecule has 1 aliphatic rings. The van der Waals surface area contributed by atoms with Gasteiger partial charge in [0.25, 0.3) is 0 Å². The molecule has 0 amide bonds. The second-order valence-electron chi connectivity index (χ2n) is 8.20. The second kappa shape index (κ2) is 8.12. The van der Waals surface area contributed by atoms with Crippen molar-refractivity contribution in [2.24, 2.45) is 5.92 Å². The number of anilines is 1. The molecule has 4 aromatic rings. The van der Waals surface area contributed by atoms with Crippen molar-refractivity contribution in [3.63, 3.8) is 0 Å². The predicted octanol–water partition coefficient (Wildman–Crippen LogP) is 5.66. The van der Waals surface area contributed by atoms with Crippen molar-refractivity contribution < 1.29 is 0 Å². The fourth-order valence-electron chi connectivity index (χ4n) is 4.28. The number of nitrogens with one attached hydrogen (secondary N) is 1. The number of pyridine rings is 2. The van der Waals surface area contributed by atoms with E-state index in [0.717, 1.165) is 45.3 Å². The van der Waals surface area contributed by atoms with Gasteiger partial charge in [-0.05, 0) is 66.7 Å². The maximum Gasteiger partial charge on any atom is 0.189 e. The minimum Gasteiger partial charge on any atom is -0.365 e. The van der Waals surface area contributed by atoms with Crippen LogP contribution in [0.1, 0.15) is 42.7 Å². The van der Waals surface area contributed by atoms with Crippen molar-refractivity contribution in [1.82, 2.24) is 19.9 Å². The molecule has 0 saturated carbocycles. The van der Waals surface area contributed by atoms with Crippen molar-refractivity contribution in [2.75, 3.05) is 11.6 Å². The molecule has 5 nitrogen and oxygen atoms in total. The molecule has 0 atom stereocenters. The van der Waals surface area contributed by atoms with Crippen molar-refractivity contribution in [1.29, 1.82) is 0 Å². The van der Waals surface area contributed by atoms with E-state index in [-0.39, 0.29) is 0 Å². The van der Waals surface area contributed by atoms with Gasteiger partial charge in [0.05, 0.1) is 10.2 Å². The third-order valence-corrected chi connectivity index (χ3v) is 7.22. The third-order valence-electron chi connectivity index (χ3n) is 5.59. The zero-order valence-electron chi connectivity index (χ0n) is 17.5. The van der Waals surface area contributed by atoms with Crippen LogP contribution in [0.25, 0.3) is 20.4 Å². The monoisotopic (exact) mass is 435 g/mol. The highest BCUT2D eigenvalue weighted by atomic mass is 32.2. The van der Waals surface area contributed by atoms with Crippen LogP contribution < -0.4 is 5.32 Å². The van der Waals surface area contributed by atoms with Crippen LogP contribution in [0.2, 0.25) is 0 Å². The first-order valence-electron chi connectivity index (χ1n) is 10.5. The Morgan fingerprint density at radius 3 is 2.67 bits per heavy atom. The van der Waals surface area contributed by atoms with Gasteiger partial charge in [0, 0.05) is 30.0 Å². The van der Waals surface area contributed by atoms with Crippen molar-refractivity contribution >= 4 is 49.3 Å². The quantitative estimate of drug-likeness (QED) is 0.312. The first kappa shape index (κ1) is 19.7. The minimum atomic E-state index is 0.606. The first-order chi connectivity index (χ1) is 14.6. The highest BCUT2D eigenvalue weighted by Crippen LogP contribution is 2.42. The molecule has 7 heteroatoms. The van der Waals surface area contributed by atoms with E-state index >= 15 is 0 Å². The molecule has 0 aromatic carbocycles. The molecule has 0 fully saturated rings. The maximum atomic E-state index is 5.15. The van der Waals surface area contributed by atoms with Gasteiger partial charge in [-0.2, -0.15) is 0 Å². The molecule has 1 aliphatic carbocycles. The zero-order chi connectivity index (χ0) is 20.7. The lowest BCUT2D eigenvalue weighted by Crippen LogP contribution is -2.04. The summed E-state index contributed by atoms with van der Waals surface area (Å²) >= 11 is 3.32. The Hall–Kier alpha value is -2.25. The molecule has 0 spiro atoms. The highest BCUT2D eigenvalue weighted by Gasteiger charge is 2.25. The molecule has 4 aromatic heterocycles. The normalized spacial score (nSPS) is 13.5. The number of rotatable bonds is 6. The smallest absolute Gasteiger partial charge is 0.189 e. The fraction of sp³-hybridized carbons (Fsp3) is 0.391. The van der Waals surface area contributed by atoms with Crippen LogP contribution in [-0.2, 0) is 25.8 Å². The molecule has 0 unspecified atom stereocenters. The minimum absolute atomic E-state index is 0.606. The number of hydrogen-bond acceptors (Lipinski definition) is 7. The number of thiophene rings is 1. The number of nitrogens with zero attached hydrogens (tertiary/aromatic N) is 4. The number of hydrogen-bond donors (Lipinski definition) is 1. The Labute approximate surface area is 184 Å². The zero-order valence-corrected chi connectivity index (χ0v) is 19.2. The summed E-state index contributed by atoms with van der Waals surface area (Å²) in [7, 11) is 0. The Kier molecular flexibility index (Phi) is 5.33. The van der Waals surface area contributed by atoms with Gasteiger partial charge in [-0.15, -0.1) is 11.3 Å². The first-order valence-corrected chi connectivity index (χ1v) is 12.5. The van der Waals surface area contributed by atoms with Crippen LogP contribution in [0.4, 0.5) is 5.82 Å². The third kappa shape index (κ3) is 3.54. The van der Waals surface area contributed by atoms with Gasteiger partial charge in [-0.3, -0.25) is 4.98 Å². The standard InChI is InChI=1S/C23H25N5S2/c1-13(2)11-17-15-5-4-6-16(15)18-19-20(30-22(18)26-17)21(28-23(27-19)29-3)25-12-14-7-9-24-10-8-14/h7-10,13H,4-6,11-12H2,1-3H3,(H,25,27,28). The summed E-state index contributed by atoms with van der Waals surface area (Å²) in [4.78, 5) is 20.1. The van der Waals surface area contributed by atoms with Crippen molar-refractivity contribution in [3.8, 4) is 0 Å². The van der Waals surface area contributed by atoms with Gasteiger partial charge >= 0.3 is 0 Å². The summed E-state index contributed by atoms with van der Waals surface area (Å²) in [6.45, 7) is 5.26. The number of aromatic nitrogens is 4. The Balaban J connectivity index is 1.67. The van der Waals surface area contributed by atoms with Gasteiger partial charge < -0.3 is 5.32 Å². The van der Waals surface area contributed by atoms with E-state index in [1.165, 1.54) is 34.2 Å². The Morgan fingerprint density at radius 1 is 1.10 bits per heavy atom. The summed E-state index contributed by atoms with van der Waals surface area (Å²) in [5, 5.41) is 5.61. The molecule has 30 heavy (non-hydrogen) atoms. The molecular weight excluding hydrogens is 410 g/mol. The second-order valence-corrected chi connectivity index (χ2v) is 9.97. The molecule has 0 bridgehead atoms. The highest BCUT2D eigenvalue weighted by molar-refractivity contribution is 7.98. The lowest BCUT2D eigenvalue weighted by atomic mass is 9.99. The Bertz CT molecular complexity index is 1220. The summed E-state index contributed by atoms with van der Waals surface area (Å²) < 4.78 is 1.11. The predicted molar refractivity (Wildman–Crippen MR) is 127 cm³/mol. The van der Waals surface area contributed by atoms with Crippen LogP contribution in [0.15, 0.2) is 29.7 Å². The largest absolute Gasteiger partial charge is 0.365 e. The van der Waals surface area contributed by atoms with E-state index in [9.17, 15) is 0 Å². The van der Waals surface area contributed by atoms with E-state index in [1.54, 1.807) is 23.1 Å². The summed E-state index contributed by atoms with van der Waals surface area (Å²) in [6.07, 6.45) is 10.2. The van der Waals surface area contributed by atoms with Crippen molar-refractivity contribution in [3.05, 3.63) is 46.9 Å². The molecular formula is C23H25N5S2. The van der Waals surface area contributed by atoms with E-state index in [1.807, 2.05) is 30.8 Å². The van der Waals surface area contributed by atoms with Crippen LogP contribution >= 0.6 is 23.1 Å². The maximum absolute atomic E-state index is 5.15. The van der Waals surface area contributed by atoms with Gasteiger partial charge in [-0.25, -0.2) is 15.0 Å². The number of thioether (sulfide) groups is 1. The fourth-order valence-corrected chi connectivity index (χ4v) is 5.77. The van der Waals surface area contributed by atoms with E-state index in [0.29, 0.717) is 12.5 Å². The Morgan fingerprint density at radius 2 is 1.90 bits per heavy atom. The number of fused-ring (bicyclic) bond motifs is 5. The average molecular weight is 436 g/mol. The molecule has 4 heterocycles. The van der Waals surface area contributed by atoms with Crippen molar-refractivity contribution in [2.45, 2.75) is 51.2 Å². The topological polar surface area (TPSA) is 63.6 Å². The lowest BCUT2D eigenvalue weighted by molar-refractivity contribution is 0.632. The summed E-state index contributed by atoms with van der Waals surface area (Å²) in [6, 6.07) is 4.05. The SMILES string of the molecule is CSc1nc(NCc2ccncc2)c2sc3nc(CC(C)C)c4c(c3c2n1)CCC4. The molecule has 154 valence electrons. The van der Waals surface area contributed by atoms with Crippen LogP contribution in [0, 0.1) is 5.92 Å². The molecule has 0 saturated heterocycles. The van der Waals surface area contributed by atoms with Gasteiger partial charge in [0.1, 0.15) is 10.6 Å². The molecule has 1 N–H and O–H groups in total. The van der Waals surface area contributed by atoms with E-state index in [4.69, 9.17) is 15.0 Å². The molecule has 0 aliphatic heterocycles. The number of aryl methyl sites for hydroxylation is 1. The average Bonchev–Trinajstić information content (AvgIpc) is 3.36. The van der Waals surface area contributed by atoms with Crippen LogP contribution in [-0.4, -0.2) is 26.2 Å². The van der Waals surface area contributed by atoms with E-state index in [2.05, 4.69) is 24.1 Å². The lowest BCUT2D eigenvalue weighted by Gasteiger charge is -2.11. The van der Waals surface area contributed by atoms with Gasteiger partial charge in [0.15, 0.2) is 5.16 Å². The van der Waals surface area contributed by atoms with Gasteiger partial charge in [-0.1, -0.05) is 25.6 Å². The summed E-state index contributed by atoms with van der Waals surface area (Å²) in [5.74, 6) is 1.51. The van der Waals surface area contributed by atoms with E-state index < -0.39 is 0 Å². The van der Waals surface area contributed by atoms with Crippen LogP contribution in [0.3, 0.4) is 0 Å².